The second kappa shape index (κ2) is 12.7. The average molecular weight is 570 g/mol. The molecule has 9 heteroatoms. The summed E-state index contributed by atoms with van der Waals surface area (Å²) in [4.78, 5) is 28.9. The van der Waals surface area contributed by atoms with Gasteiger partial charge in [0.2, 0.25) is 11.8 Å². The van der Waals surface area contributed by atoms with Gasteiger partial charge in [0.15, 0.2) is 0 Å². The third-order valence-corrected chi connectivity index (χ3v) is 8.09. The van der Waals surface area contributed by atoms with Crippen LogP contribution in [0.4, 0.5) is 5.69 Å². The maximum Gasteiger partial charge on any atom is 0.264 e. The maximum absolute atomic E-state index is 14.0. The predicted molar refractivity (Wildman–Crippen MR) is 156 cm³/mol. The lowest BCUT2D eigenvalue weighted by molar-refractivity contribution is -0.141. The quantitative estimate of drug-likeness (QED) is 0.346. The van der Waals surface area contributed by atoms with Gasteiger partial charge >= 0.3 is 0 Å². The minimum absolute atomic E-state index is 0.0491. The zero-order chi connectivity index (χ0) is 28.8. The Balaban J connectivity index is 2.06. The Morgan fingerprint density at radius 3 is 2.15 bits per heavy atom. The van der Waals surface area contributed by atoms with Crippen LogP contribution in [-0.2, 0) is 26.2 Å². The number of hydrogen-bond donors (Lipinski definition) is 1. The molecule has 3 aromatic carbocycles. The van der Waals surface area contributed by atoms with Crippen molar-refractivity contribution in [1.29, 1.82) is 0 Å². The number of nitrogens with one attached hydrogen (secondary N) is 1. The summed E-state index contributed by atoms with van der Waals surface area (Å²) in [5.74, 6) is -0.810. The summed E-state index contributed by atoms with van der Waals surface area (Å²) in [6.45, 7) is 8.94. The normalized spacial score (nSPS) is 12.5. The highest BCUT2D eigenvalue weighted by Crippen LogP contribution is 2.27. The molecule has 2 amide bonds. The zero-order valence-corrected chi connectivity index (χ0v) is 24.6. The van der Waals surface area contributed by atoms with Crippen LogP contribution in [0.5, 0.6) is 0 Å². The number of carbonyl (C=O) groups excluding carboxylic acids is 2. The Bertz CT molecular complexity index is 1390. The summed E-state index contributed by atoms with van der Waals surface area (Å²) < 4.78 is 28.8. The van der Waals surface area contributed by atoms with Crippen molar-refractivity contribution in [2.45, 2.75) is 64.1 Å². The van der Waals surface area contributed by atoms with Crippen molar-refractivity contribution in [3.8, 4) is 0 Å². The SMILES string of the molecule is CC[C@H](C(=O)NC(C)(C)C)N(Cc1ccccc1)C(=O)CN(c1cccc(Cl)c1)S(=O)(=O)c1ccc(C)cc1. The summed E-state index contributed by atoms with van der Waals surface area (Å²) in [6.07, 6.45) is 0.350. The fourth-order valence-electron chi connectivity index (χ4n) is 4.15. The Morgan fingerprint density at radius 1 is 0.949 bits per heavy atom. The molecule has 0 radical (unpaired) electrons. The van der Waals surface area contributed by atoms with Crippen molar-refractivity contribution < 1.29 is 18.0 Å². The van der Waals surface area contributed by atoms with Crippen LogP contribution in [0.25, 0.3) is 0 Å². The monoisotopic (exact) mass is 569 g/mol. The van der Waals surface area contributed by atoms with Gasteiger partial charge < -0.3 is 10.2 Å². The lowest BCUT2D eigenvalue weighted by atomic mass is 10.1. The molecule has 1 N–H and O–H groups in total. The summed E-state index contributed by atoms with van der Waals surface area (Å²) >= 11 is 6.22. The standard InChI is InChI=1S/C30H36ClN3O4S/c1-6-27(29(36)32-30(3,4)5)33(20-23-11-8-7-9-12-23)28(35)21-34(25-14-10-13-24(31)19-25)39(37,38)26-17-15-22(2)16-18-26/h7-19,27H,6,20-21H2,1-5H3,(H,32,36)/t27-/m1/s1. The molecule has 0 aliphatic rings. The number of amides is 2. The maximum atomic E-state index is 14.0. The second-order valence-corrected chi connectivity index (χ2v) is 12.8. The van der Waals surface area contributed by atoms with E-state index in [-0.39, 0.29) is 23.0 Å². The molecule has 1 atom stereocenters. The van der Waals surface area contributed by atoms with E-state index in [4.69, 9.17) is 11.6 Å². The van der Waals surface area contributed by atoms with Crippen LogP contribution < -0.4 is 9.62 Å². The number of hydrogen-bond acceptors (Lipinski definition) is 4. The number of nitrogens with zero attached hydrogens (tertiary/aromatic N) is 2. The second-order valence-electron chi connectivity index (χ2n) is 10.5. The van der Waals surface area contributed by atoms with Gasteiger partial charge in [0.1, 0.15) is 12.6 Å². The molecule has 0 saturated heterocycles. The molecule has 0 fully saturated rings. The van der Waals surface area contributed by atoms with E-state index in [9.17, 15) is 18.0 Å². The van der Waals surface area contributed by atoms with Gasteiger partial charge in [0, 0.05) is 17.1 Å². The highest BCUT2D eigenvalue weighted by Gasteiger charge is 2.34. The largest absolute Gasteiger partial charge is 0.350 e. The van der Waals surface area contributed by atoms with Crippen LogP contribution in [0.1, 0.15) is 45.2 Å². The lowest BCUT2D eigenvalue weighted by Crippen LogP contribution is -2.55. The van der Waals surface area contributed by atoms with Crippen LogP contribution in [0, 0.1) is 6.92 Å². The lowest BCUT2D eigenvalue weighted by Gasteiger charge is -2.34. The predicted octanol–water partition coefficient (Wildman–Crippen LogP) is 5.57. The third-order valence-electron chi connectivity index (χ3n) is 6.06. The first-order chi connectivity index (χ1) is 18.3. The highest BCUT2D eigenvalue weighted by atomic mass is 35.5. The molecule has 3 aromatic rings. The molecule has 39 heavy (non-hydrogen) atoms. The number of benzene rings is 3. The van der Waals surface area contributed by atoms with Crippen molar-refractivity contribution in [3.63, 3.8) is 0 Å². The van der Waals surface area contributed by atoms with Crippen LogP contribution in [0.3, 0.4) is 0 Å². The Kier molecular flexibility index (Phi) is 9.80. The molecule has 3 rings (SSSR count). The van der Waals surface area contributed by atoms with Gasteiger partial charge in [-0.25, -0.2) is 8.42 Å². The number of halogens is 1. The van der Waals surface area contributed by atoms with E-state index < -0.39 is 34.1 Å². The molecule has 0 bridgehead atoms. The van der Waals surface area contributed by atoms with E-state index in [1.807, 2.05) is 65.0 Å². The van der Waals surface area contributed by atoms with Crippen molar-refractivity contribution in [2.24, 2.45) is 0 Å². The van der Waals surface area contributed by atoms with E-state index in [1.165, 1.54) is 23.1 Å². The van der Waals surface area contributed by atoms with E-state index in [0.29, 0.717) is 11.4 Å². The summed E-state index contributed by atoms with van der Waals surface area (Å²) in [7, 11) is -4.14. The van der Waals surface area contributed by atoms with E-state index >= 15 is 0 Å². The molecule has 0 aromatic heterocycles. The molecule has 0 saturated carbocycles. The van der Waals surface area contributed by atoms with Gasteiger partial charge in [-0.15, -0.1) is 0 Å². The minimum atomic E-state index is -4.14. The summed E-state index contributed by atoms with van der Waals surface area (Å²) in [5.41, 5.74) is 1.48. The van der Waals surface area contributed by atoms with Gasteiger partial charge in [-0.3, -0.25) is 13.9 Å². The fourth-order valence-corrected chi connectivity index (χ4v) is 5.74. The number of aryl methyl sites for hydroxylation is 1. The molecule has 0 unspecified atom stereocenters. The molecule has 7 nitrogen and oxygen atoms in total. The molecule has 0 heterocycles. The number of anilines is 1. The molecule has 0 aliphatic carbocycles. The fraction of sp³-hybridized carbons (Fsp3) is 0.333. The third kappa shape index (κ3) is 8.07. The van der Waals surface area contributed by atoms with Crippen LogP contribution >= 0.6 is 11.6 Å². The minimum Gasteiger partial charge on any atom is -0.350 e. The van der Waals surface area contributed by atoms with E-state index in [2.05, 4.69) is 5.32 Å². The number of sulfonamides is 1. The summed E-state index contributed by atoms with van der Waals surface area (Å²) in [6, 6.07) is 21.3. The Morgan fingerprint density at radius 2 is 1.59 bits per heavy atom. The van der Waals surface area contributed by atoms with Gasteiger partial charge in [-0.2, -0.15) is 0 Å². The van der Waals surface area contributed by atoms with Gasteiger partial charge in [0.25, 0.3) is 10.0 Å². The van der Waals surface area contributed by atoms with Gasteiger partial charge in [-0.1, -0.05) is 72.6 Å². The van der Waals surface area contributed by atoms with Crippen molar-refractivity contribution >= 4 is 39.1 Å². The topological polar surface area (TPSA) is 86.8 Å². The molecular weight excluding hydrogens is 534 g/mol. The molecule has 0 spiro atoms. The Labute approximate surface area is 236 Å². The van der Waals surface area contributed by atoms with E-state index in [0.717, 1.165) is 15.4 Å². The van der Waals surface area contributed by atoms with Crippen molar-refractivity contribution in [2.75, 3.05) is 10.8 Å². The first-order valence-electron chi connectivity index (χ1n) is 12.8. The molecule has 208 valence electrons. The van der Waals surface area contributed by atoms with E-state index in [1.54, 1.807) is 30.3 Å². The first kappa shape index (κ1) is 30.2. The van der Waals surface area contributed by atoms with Crippen LogP contribution in [-0.4, -0.2) is 43.3 Å². The van der Waals surface area contributed by atoms with Crippen molar-refractivity contribution in [3.05, 3.63) is 95.0 Å². The summed E-state index contributed by atoms with van der Waals surface area (Å²) in [5, 5.41) is 3.30. The van der Waals surface area contributed by atoms with Crippen LogP contribution in [0.2, 0.25) is 5.02 Å². The van der Waals surface area contributed by atoms with Crippen LogP contribution in [0.15, 0.2) is 83.8 Å². The Hall–Kier alpha value is -3.36. The smallest absolute Gasteiger partial charge is 0.264 e. The average Bonchev–Trinajstić information content (AvgIpc) is 2.86. The first-order valence-corrected chi connectivity index (χ1v) is 14.6. The van der Waals surface area contributed by atoms with Gasteiger partial charge in [0.05, 0.1) is 10.6 Å². The molecule has 0 aliphatic heterocycles. The zero-order valence-electron chi connectivity index (χ0n) is 23.0. The number of rotatable bonds is 10. The van der Waals surface area contributed by atoms with Gasteiger partial charge in [-0.05, 0) is 70.0 Å². The van der Waals surface area contributed by atoms with Crippen molar-refractivity contribution in [1.82, 2.24) is 10.2 Å². The molecular formula is C30H36ClN3O4S. The highest BCUT2D eigenvalue weighted by molar-refractivity contribution is 7.92. The number of carbonyl (C=O) groups is 2.